The van der Waals surface area contributed by atoms with Gasteiger partial charge in [0.1, 0.15) is 0 Å². The summed E-state index contributed by atoms with van der Waals surface area (Å²) in [6.07, 6.45) is 3.62. The van der Waals surface area contributed by atoms with Crippen molar-refractivity contribution in [1.82, 2.24) is 10.2 Å². The molecule has 3 saturated heterocycles. The zero-order valence-corrected chi connectivity index (χ0v) is 17.0. The van der Waals surface area contributed by atoms with Crippen molar-refractivity contribution < 1.29 is 9.59 Å². The number of nitrogens with one attached hydrogen (secondary N) is 1. The lowest BCUT2D eigenvalue weighted by atomic mass is 9.94. The highest BCUT2D eigenvalue weighted by Gasteiger charge is 2.29. The van der Waals surface area contributed by atoms with Crippen LogP contribution >= 0.6 is 11.8 Å². The first kappa shape index (κ1) is 19.2. The van der Waals surface area contributed by atoms with E-state index in [1.54, 1.807) is 18.7 Å². The minimum absolute atomic E-state index is 0.00758. The van der Waals surface area contributed by atoms with Crippen LogP contribution in [0.4, 0.5) is 0 Å². The van der Waals surface area contributed by atoms with E-state index < -0.39 is 0 Å². The van der Waals surface area contributed by atoms with Gasteiger partial charge in [0.15, 0.2) is 5.78 Å². The summed E-state index contributed by atoms with van der Waals surface area (Å²) in [7, 11) is 0. The summed E-state index contributed by atoms with van der Waals surface area (Å²) in [5.41, 5.74) is 1.42. The van der Waals surface area contributed by atoms with E-state index >= 15 is 0 Å². The van der Waals surface area contributed by atoms with Crippen LogP contribution in [0.1, 0.15) is 46.9 Å². The quantitative estimate of drug-likeness (QED) is 0.770. The van der Waals surface area contributed by atoms with Gasteiger partial charge in [0, 0.05) is 33.5 Å². The number of carbonyl (C=O) groups is 2. The average molecular weight is 395 g/mol. The monoisotopic (exact) mass is 394 g/mol. The summed E-state index contributed by atoms with van der Waals surface area (Å²) in [5, 5.41) is 3.24. The van der Waals surface area contributed by atoms with Gasteiger partial charge in [0.05, 0.1) is 0 Å². The topological polar surface area (TPSA) is 49.4 Å². The van der Waals surface area contributed by atoms with Crippen LogP contribution in [0.5, 0.6) is 0 Å². The number of hydrogen-bond acceptors (Lipinski definition) is 4. The molecule has 0 spiro atoms. The van der Waals surface area contributed by atoms with E-state index in [1.807, 2.05) is 48.5 Å². The van der Waals surface area contributed by atoms with Gasteiger partial charge in [0.25, 0.3) is 5.91 Å². The van der Waals surface area contributed by atoms with Gasteiger partial charge in [-0.05, 0) is 75.5 Å². The Kier molecular flexibility index (Phi) is 5.83. The van der Waals surface area contributed by atoms with Crippen molar-refractivity contribution in [1.29, 1.82) is 0 Å². The minimum atomic E-state index is 0.00758. The van der Waals surface area contributed by atoms with Gasteiger partial charge in [-0.25, -0.2) is 0 Å². The van der Waals surface area contributed by atoms with Gasteiger partial charge in [-0.3, -0.25) is 9.59 Å². The van der Waals surface area contributed by atoms with Gasteiger partial charge >= 0.3 is 0 Å². The van der Waals surface area contributed by atoms with Crippen molar-refractivity contribution in [2.24, 2.45) is 5.92 Å². The molecule has 1 N–H and O–H groups in total. The van der Waals surface area contributed by atoms with Crippen molar-refractivity contribution >= 4 is 23.5 Å². The van der Waals surface area contributed by atoms with Gasteiger partial charge in [0.2, 0.25) is 0 Å². The molecule has 3 aliphatic rings. The van der Waals surface area contributed by atoms with E-state index in [9.17, 15) is 9.59 Å². The van der Waals surface area contributed by atoms with Gasteiger partial charge in [-0.15, -0.1) is 0 Å². The zero-order valence-electron chi connectivity index (χ0n) is 16.2. The molecule has 0 aromatic heterocycles. The molecule has 0 radical (unpaired) electrons. The molecule has 0 aliphatic carbocycles. The SMILES string of the molecule is CC(=O)c1ccccc1Sc1ccc(C(=O)NC2CC3CCN(CC3)C2)cc1. The molecule has 1 unspecified atom stereocenters. The van der Waals surface area contributed by atoms with Gasteiger partial charge in [-0.2, -0.15) is 0 Å². The number of nitrogens with zero attached hydrogens (tertiary/aromatic N) is 1. The highest BCUT2D eigenvalue weighted by atomic mass is 32.2. The number of piperidine rings is 1. The molecule has 5 rings (SSSR count). The maximum absolute atomic E-state index is 12.7. The first-order valence-electron chi connectivity index (χ1n) is 9.99. The summed E-state index contributed by atoms with van der Waals surface area (Å²) in [4.78, 5) is 28.9. The van der Waals surface area contributed by atoms with Crippen LogP contribution in [0.15, 0.2) is 58.3 Å². The Morgan fingerprint density at radius 2 is 1.75 bits per heavy atom. The van der Waals surface area contributed by atoms with Crippen LogP contribution in [0.25, 0.3) is 0 Å². The maximum Gasteiger partial charge on any atom is 0.251 e. The zero-order chi connectivity index (χ0) is 19.5. The molecule has 2 aromatic rings. The van der Waals surface area contributed by atoms with E-state index in [4.69, 9.17) is 0 Å². The van der Waals surface area contributed by atoms with Crippen molar-refractivity contribution in [2.75, 3.05) is 19.6 Å². The lowest BCUT2D eigenvalue weighted by Gasteiger charge is -2.26. The van der Waals surface area contributed by atoms with Crippen LogP contribution < -0.4 is 5.32 Å². The molecule has 28 heavy (non-hydrogen) atoms. The average Bonchev–Trinajstić information content (AvgIpc) is 3.01. The Hall–Kier alpha value is -2.11. The summed E-state index contributed by atoms with van der Waals surface area (Å²) >= 11 is 1.55. The Labute approximate surface area is 170 Å². The molecule has 1 amide bonds. The number of benzene rings is 2. The third-order valence-electron chi connectivity index (χ3n) is 5.75. The second-order valence-electron chi connectivity index (χ2n) is 7.83. The van der Waals surface area contributed by atoms with Crippen LogP contribution in [0.2, 0.25) is 0 Å². The molecule has 2 aromatic carbocycles. The van der Waals surface area contributed by atoms with Crippen LogP contribution in [-0.2, 0) is 0 Å². The first-order valence-corrected chi connectivity index (χ1v) is 10.8. The molecule has 3 fully saturated rings. The Morgan fingerprint density at radius 3 is 2.46 bits per heavy atom. The normalized spacial score (nSPS) is 23.8. The Morgan fingerprint density at radius 1 is 1.04 bits per heavy atom. The van der Waals surface area contributed by atoms with Crippen LogP contribution in [-0.4, -0.2) is 42.3 Å². The smallest absolute Gasteiger partial charge is 0.251 e. The third-order valence-corrected chi connectivity index (χ3v) is 6.83. The van der Waals surface area contributed by atoms with Crippen molar-refractivity contribution in [3.63, 3.8) is 0 Å². The summed E-state index contributed by atoms with van der Waals surface area (Å²) < 4.78 is 0. The molecule has 146 valence electrons. The van der Waals surface area contributed by atoms with E-state index in [1.165, 1.54) is 25.9 Å². The number of amides is 1. The van der Waals surface area contributed by atoms with E-state index in [-0.39, 0.29) is 17.7 Å². The summed E-state index contributed by atoms with van der Waals surface area (Å²) in [6.45, 7) is 4.90. The maximum atomic E-state index is 12.7. The highest BCUT2D eigenvalue weighted by Crippen LogP contribution is 2.31. The second kappa shape index (κ2) is 8.50. The summed E-state index contributed by atoms with van der Waals surface area (Å²) in [6, 6.07) is 15.5. The highest BCUT2D eigenvalue weighted by molar-refractivity contribution is 7.99. The first-order chi connectivity index (χ1) is 13.6. The molecule has 5 heteroatoms. The lowest BCUT2D eigenvalue weighted by Crippen LogP contribution is -2.41. The number of rotatable bonds is 5. The number of carbonyl (C=O) groups excluding carboxylic acids is 2. The van der Waals surface area contributed by atoms with Crippen molar-refractivity contribution in [3.8, 4) is 0 Å². The van der Waals surface area contributed by atoms with Crippen LogP contribution in [0, 0.1) is 5.92 Å². The molecule has 3 heterocycles. The predicted octanol–water partition coefficient (Wildman–Crippen LogP) is 4.25. The molecular weight excluding hydrogens is 368 g/mol. The second-order valence-corrected chi connectivity index (χ2v) is 8.94. The predicted molar refractivity (Wildman–Crippen MR) is 112 cm³/mol. The number of hydrogen-bond donors (Lipinski definition) is 1. The standard InChI is InChI=1S/C23H26N2O2S/c1-16(26)21-4-2-3-5-22(21)28-20-8-6-18(7-9-20)23(27)24-19-14-17-10-12-25(15-19)13-11-17/h2-9,17,19H,10-15H2,1H3,(H,24,27). The molecule has 4 nitrogen and oxygen atoms in total. The summed E-state index contributed by atoms with van der Waals surface area (Å²) in [5.74, 6) is 0.824. The molecule has 1 atom stereocenters. The Balaban J connectivity index is 1.40. The minimum Gasteiger partial charge on any atom is -0.348 e. The lowest BCUT2D eigenvalue weighted by molar-refractivity contribution is 0.0928. The van der Waals surface area contributed by atoms with Crippen molar-refractivity contribution in [2.45, 2.75) is 42.0 Å². The third kappa shape index (κ3) is 4.47. The largest absolute Gasteiger partial charge is 0.348 e. The Bertz CT molecular complexity index is 843. The van der Waals surface area contributed by atoms with E-state index in [2.05, 4.69) is 10.2 Å². The van der Waals surface area contributed by atoms with Gasteiger partial charge < -0.3 is 10.2 Å². The van der Waals surface area contributed by atoms with E-state index in [0.29, 0.717) is 5.56 Å². The fourth-order valence-electron chi connectivity index (χ4n) is 4.21. The van der Waals surface area contributed by atoms with Crippen LogP contribution in [0.3, 0.4) is 0 Å². The molecule has 3 aliphatic heterocycles. The van der Waals surface area contributed by atoms with Gasteiger partial charge in [-0.1, -0.05) is 30.0 Å². The fourth-order valence-corrected chi connectivity index (χ4v) is 5.21. The van der Waals surface area contributed by atoms with Crippen molar-refractivity contribution in [3.05, 3.63) is 59.7 Å². The fraction of sp³-hybridized carbons (Fsp3) is 0.391. The molecule has 0 saturated carbocycles. The number of fused-ring (bicyclic) bond motifs is 4. The molecule has 2 bridgehead atoms. The number of ketones is 1. The molecular formula is C23H26N2O2S. The van der Waals surface area contributed by atoms with E-state index in [0.717, 1.165) is 34.2 Å². The number of Topliss-reactive ketones (excluding diaryl/α,β-unsaturated/α-hetero) is 1.